The molecule has 0 spiro atoms. The van der Waals surface area contributed by atoms with Crippen molar-refractivity contribution < 1.29 is 4.79 Å². The van der Waals surface area contributed by atoms with E-state index in [1.165, 1.54) is 43.3 Å². The summed E-state index contributed by atoms with van der Waals surface area (Å²) >= 11 is 0. The average Bonchev–Trinajstić information content (AvgIpc) is 2.56. The molecule has 1 aliphatic heterocycles. The molecule has 3 rings (SSSR count). The largest absolute Gasteiger partial charge is 0.372 e. The first-order chi connectivity index (χ1) is 10.7. The van der Waals surface area contributed by atoms with Crippen LogP contribution < -0.4 is 15.6 Å². The number of benzene rings is 1. The van der Waals surface area contributed by atoms with Gasteiger partial charge in [-0.3, -0.25) is 9.59 Å². The topological polar surface area (TPSA) is 65.2 Å². The van der Waals surface area contributed by atoms with Crippen molar-refractivity contribution in [2.45, 2.75) is 19.3 Å². The lowest BCUT2D eigenvalue weighted by Crippen LogP contribution is -2.29. The fraction of sp³-hybridized carbons (Fsp3) is 0.294. The molecule has 1 aromatic carbocycles. The lowest BCUT2D eigenvalue weighted by atomic mass is 10.1. The number of H-pyrrole nitrogens is 1. The van der Waals surface area contributed by atoms with Crippen molar-refractivity contribution in [2.75, 3.05) is 23.3 Å². The summed E-state index contributed by atoms with van der Waals surface area (Å²) in [5, 5.41) is 2.79. The van der Waals surface area contributed by atoms with Crippen LogP contribution in [0.15, 0.2) is 47.4 Å². The van der Waals surface area contributed by atoms with Gasteiger partial charge in [-0.05, 0) is 43.5 Å². The zero-order valence-electron chi connectivity index (χ0n) is 12.3. The van der Waals surface area contributed by atoms with Gasteiger partial charge in [0.05, 0.1) is 0 Å². The van der Waals surface area contributed by atoms with Crippen LogP contribution in [0.25, 0.3) is 0 Å². The Morgan fingerprint density at radius 3 is 2.45 bits per heavy atom. The number of nitrogens with zero attached hydrogens (tertiary/aromatic N) is 1. The van der Waals surface area contributed by atoms with Crippen molar-refractivity contribution in [1.29, 1.82) is 0 Å². The summed E-state index contributed by atoms with van der Waals surface area (Å²) in [6.45, 7) is 2.19. The van der Waals surface area contributed by atoms with Crippen molar-refractivity contribution in [3.63, 3.8) is 0 Å². The number of hydrogen-bond donors (Lipinski definition) is 2. The van der Waals surface area contributed by atoms with Gasteiger partial charge < -0.3 is 15.2 Å². The molecule has 0 unspecified atom stereocenters. The zero-order valence-corrected chi connectivity index (χ0v) is 12.3. The Hall–Kier alpha value is -2.56. The van der Waals surface area contributed by atoms with E-state index in [9.17, 15) is 9.59 Å². The van der Waals surface area contributed by atoms with Crippen molar-refractivity contribution in [1.82, 2.24) is 4.98 Å². The van der Waals surface area contributed by atoms with Crippen LogP contribution in [0.4, 0.5) is 11.4 Å². The fourth-order valence-corrected chi connectivity index (χ4v) is 2.68. The van der Waals surface area contributed by atoms with Gasteiger partial charge in [-0.25, -0.2) is 0 Å². The summed E-state index contributed by atoms with van der Waals surface area (Å²) in [6.07, 6.45) is 5.25. The first kappa shape index (κ1) is 14.4. The van der Waals surface area contributed by atoms with E-state index in [0.717, 1.165) is 18.8 Å². The third-order valence-corrected chi connectivity index (χ3v) is 3.86. The van der Waals surface area contributed by atoms with E-state index >= 15 is 0 Å². The molecule has 5 nitrogen and oxygen atoms in total. The van der Waals surface area contributed by atoms with E-state index in [0.29, 0.717) is 0 Å². The molecule has 0 radical (unpaired) electrons. The standard InChI is InChI=1S/C17H19N3O2/c21-15-8-9-18-16(12-15)17(22)19-13-4-6-14(7-5-13)20-10-2-1-3-11-20/h4-9,12H,1-3,10-11H2,(H,18,21)(H,19,22). The van der Waals surface area contributed by atoms with Gasteiger partial charge >= 0.3 is 0 Å². The number of pyridine rings is 1. The molecule has 0 bridgehead atoms. The van der Waals surface area contributed by atoms with Crippen LogP contribution in [0, 0.1) is 0 Å². The number of rotatable bonds is 3. The highest BCUT2D eigenvalue weighted by atomic mass is 16.2. The van der Waals surface area contributed by atoms with Crippen LogP contribution in [-0.2, 0) is 0 Å². The molecule has 2 heterocycles. The Balaban J connectivity index is 1.68. The van der Waals surface area contributed by atoms with Gasteiger partial charge in [0.2, 0.25) is 0 Å². The molecule has 114 valence electrons. The molecule has 1 aromatic heterocycles. The van der Waals surface area contributed by atoms with Crippen LogP contribution in [0.5, 0.6) is 0 Å². The highest BCUT2D eigenvalue weighted by Crippen LogP contribution is 2.21. The van der Waals surface area contributed by atoms with Crippen molar-refractivity contribution in [3.8, 4) is 0 Å². The summed E-state index contributed by atoms with van der Waals surface area (Å²) < 4.78 is 0. The summed E-state index contributed by atoms with van der Waals surface area (Å²) in [7, 11) is 0. The molecule has 2 aromatic rings. The maximum atomic E-state index is 12.1. The number of aromatic amines is 1. The van der Waals surface area contributed by atoms with Crippen LogP contribution in [-0.4, -0.2) is 24.0 Å². The maximum absolute atomic E-state index is 12.1. The first-order valence-electron chi connectivity index (χ1n) is 7.57. The van der Waals surface area contributed by atoms with E-state index in [-0.39, 0.29) is 17.0 Å². The molecule has 2 N–H and O–H groups in total. The van der Waals surface area contributed by atoms with Gasteiger partial charge in [-0.15, -0.1) is 0 Å². The van der Waals surface area contributed by atoms with Gasteiger partial charge in [0.15, 0.2) is 5.43 Å². The number of nitrogens with one attached hydrogen (secondary N) is 2. The summed E-state index contributed by atoms with van der Waals surface area (Å²) in [4.78, 5) is 28.5. The summed E-state index contributed by atoms with van der Waals surface area (Å²) in [5.41, 5.74) is 1.97. The SMILES string of the molecule is O=C(Nc1ccc(N2CCCCC2)cc1)c1cc(=O)cc[nH]1. The van der Waals surface area contributed by atoms with Crippen molar-refractivity contribution in [3.05, 3.63) is 58.5 Å². The van der Waals surface area contributed by atoms with Gasteiger partial charge in [-0.2, -0.15) is 0 Å². The smallest absolute Gasteiger partial charge is 0.272 e. The molecule has 0 atom stereocenters. The second-order valence-corrected chi connectivity index (χ2v) is 5.49. The van der Waals surface area contributed by atoms with Gasteiger partial charge in [0.25, 0.3) is 5.91 Å². The second kappa shape index (κ2) is 6.47. The van der Waals surface area contributed by atoms with Crippen molar-refractivity contribution >= 4 is 17.3 Å². The molecule has 1 amide bonds. The minimum Gasteiger partial charge on any atom is -0.372 e. The van der Waals surface area contributed by atoms with Crippen LogP contribution in [0.2, 0.25) is 0 Å². The van der Waals surface area contributed by atoms with E-state index in [4.69, 9.17) is 0 Å². The van der Waals surface area contributed by atoms with Gasteiger partial charge in [0.1, 0.15) is 5.69 Å². The molecular weight excluding hydrogens is 278 g/mol. The van der Waals surface area contributed by atoms with E-state index in [1.807, 2.05) is 24.3 Å². The number of hydrogen-bond acceptors (Lipinski definition) is 3. The number of amides is 1. The Labute approximate surface area is 129 Å². The van der Waals surface area contributed by atoms with Crippen LogP contribution in [0.1, 0.15) is 29.8 Å². The van der Waals surface area contributed by atoms with Gasteiger partial charge in [0, 0.05) is 42.8 Å². The molecule has 5 heteroatoms. The first-order valence-corrected chi connectivity index (χ1v) is 7.57. The third kappa shape index (κ3) is 3.36. The maximum Gasteiger partial charge on any atom is 0.272 e. The Bertz CT molecular complexity index is 700. The number of anilines is 2. The molecule has 1 fully saturated rings. The third-order valence-electron chi connectivity index (χ3n) is 3.86. The zero-order chi connectivity index (χ0) is 15.4. The molecule has 1 saturated heterocycles. The molecule has 0 aliphatic carbocycles. The quantitative estimate of drug-likeness (QED) is 0.915. The summed E-state index contributed by atoms with van der Waals surface area (Å²) in [5.74, 6) is -0.316. The number of carbonyl (C=O) groups is 1. The highest BCUT2D eigenvalue weighted by molar-refractivity contribution is 6.02. The number of aromatic nitrogens is 1. The Morgan fingerprint density at radius 2 is 1.77 bits per heavy atom. The Morgan fingerprint density at radius 1 is 1.05 bits per heavy atom. The minimum atomic E-state index is -0.316. The van der Waals surface area contributed by atoms with E-state index in [2.05, 4.69) is 15.2 Å². The number of piperidine rings is 1. The van der Waals surface area contributed by atoms with Crippen LogP contribution >= 0.6 is 0 Å². The Kier molecular flexibility index (Phi) is 4.23. The lowest BCUT2D eigenvalue weighted by molar-refractivity contribution is 0.102. The molecular formula is C17H19N3O2. The minimum absolute atomic E-state index is 0.190. The lowest BCUT2D eigenvalue weighted by Gasteiger charge is -2.28. The molecule has 0 saturated carbocycles. The second-order valence-electron chi connectivity index (χ2n) is 5.49. The monoisotopic (exact) mass is 297 g/mol. The number of carbonyl (C=O) groups excluding carboxylic acids is 1. The van der Waals surface area contributed by atoms with Gasteiger partial charge in [-0.1, -0.05) is 0 Å². The van der Waals surface area contributed by atoms with Crippen LogP contribution in [0.3, 0.4) is 0 Å². The fourth-order valence-electron chi connectivity index (χ4n) is 2.68. The molecule has 1 aliphatic rings. The summed E-state index contributed by atoms with van der Waals surface area (Å²) in [6, 6.07) is 10.5. The highest BCUT2D eigenvalue weighted by Gasteiger charge is 2.11. The predicted molar refractivity (Wildman–Crippen MR) is 87.5 cm³/mol. The average molecular weight is 297 g/mol. The predicted octanol–water partition coefficient (Wildman–Crippen LogP) is 2.62. The van der Waals surface area contributed by atoms with E-state index < -0.39 is 0 Å². The normalized spacial score (nSPS) is 14.6. The van der Waals surface area contributed by atoms with E-state index in [1.54, 1.807) is 0 Å². The van der Waals surface area contributed by atoms with Crippen molar-refractivity contribution in [2.24, 2.45) is 0 Å². The molecule has 22 heavy (non-hydrogen) atoms.